The number of aromatic nitrogens is 1. The standard InChI is InChI=1S/C23H21ClN2O3/c1-14-5-6-20-16(11-14)19(27)13-23(29-20)7-9-26(10-8-23)22(28)18-12-15-3-2-4-17(24)21(15)25-18/h2-6,11-12,25H,7-10,13H2,1H3. The first-order valence-electron chi connectivity index (χ1n) is 9.84. The molecule has 5 rings (SSSR count). The van der Waals surface area contributed by atoms with Crippen molar-refractivity contribution in [2.24, 2.45) is 0 Å². The van der Waals surface area contributed by atoms with E-state index < -0.39 is 5.60 Å². The van der Waals surface area contributed by atoms with Crippen LogP contribution >= 0.6 is 11.6 Å². The van der Waals surface area contributed by atoms with Crippen LogP contribution in [-0.2, 0) is 0 Å². The van der Waals surface area contributed by atoms with Crippen LogP contribution < -0.4 is 4.74 Å². The quantitative estimate of drug-likeness (QED) is 0.630. The van der Waals surface area contributed by atoms with Crippen LogP contribution in [0.3, 0.4) is 0 Å². The molecule has 1 fully saturated rings. The third kappa shape index (κ3) is 3.10. The Bertz CT molecular complexity index is 1140. The molecule has 6 heteroatoms. The van der Waals surface area contributed by atoms with Crippen LogP contribution in [0.2, 0.25) is 5.02 Å². The third-order valence-electron chi connectivity index (χ3n) is 6.04. The fraction of sp³-hybridized carbons (Fsp3) is 0.304. The molecular formula is C23H21ClN2O3. The molecular weight excluding hydrogens is 388 g/mol. The summed E-state index contributed by atoms with van der Waals surface area (Å²) in [5, 5.41) is 1.52. The van der Waals surface area contributed by atoms with Gasteiger partial charge in [0.1, 0.15) is 17.0 Å². The van der Waals surface area contributed by atoms with Crippen molar-refractivity contribution in [3.8, 4) is 5.75 Å². The van der Waals surface area contributed by atoms with Gasteiger partial charge in [0.2, 0.25) is 0 Å². The van der Waals surface area contributed by atoms with Crippen LogP contribution in [0.1, 0.15) is 45.7 Å². The molecule has 1 spiro atoms. The van der Waals surface area contributed by atoms with Gasteiger partial charge >= 0.3 is 0 Å². The van der Waals surface area contributed by atoms with Crippen molar-refractivity contribution in [3.05, 3.63) is 64.3 Å². The van der Waals surface area contributed by atoms with E-state index in [1.807, 2.05) is 48.2 Å². The largest absolute Gasteiger partial charge is 0.486 e. The van der Waals surface area contributed by atoms with Crippen molar-refractivity contribution in [3.63, 3.8) is 0 Å². The molecule has 2 aromatic carbocycles. The SMILES string of the molecule is Cc1ccc2c(c1)C(=O)CC1(CCN(C(=O)c3cc4cccc(Cl)c4[nH]3)CC1)O2. The van der Waals surface area contributed by atoms with Gasteiger partial charge in [0, 0.05) is 31.3 Å². The summed E-state index contributed by atoms with van der Waals surface area (Å²) < 4.78 is 6.30. The molecule has 148 valence electrons. The number of ketones is 1. The van der Waals surface area contributed by atoms with E-state index >= 15 is 0 Å². The van der Waals surface area contributed by atoms with E-state index in [9.17, 15) is 9.59 Å². The number of nitrogens with one attached hydrogen (secondary N) is 1. The Balaban J connectivity index is 1.33. The summed E-state index contributed by atoms with van der Waals surface area (Å²) in [6, 6.07) is 13.2. The number of aromatic amines is 1. The lowest BCUT2D eigenvalue weighted by Crippen LogP contribution is -2.52. The number of benzene rings is 2. The van der Waals surface area contributed by atoms with Crippen molar-refractivity contribution in [2.75, 3.05) is 13.1 Å². The van der Waals surface area contributed by atoms with Gasteiger partial charge in [-0.15, -0.1) is 0 Å². The topological polar surface area (TPSA) is 62.4 Å². The lowest BCUT2D eigenvalue weighted by atomic mass is 9.82. The van der Waals surface area contributed by atoms with Crippen molar-refractivity contribution < 1.29 is 14.3 Å². The average Bonchev–Trinajstić information content (AvgIpc) is 3.15. The highest BCUT2D eigenvalue weighted by Crippen LogP contribution is 2.40. The highest BCUT2D eigenvalue weighted by molar-refractivity contribution is 6.35. The number of carbonyl (C=O) groups excluding carboxylic acids is 2. The normalized spacial score (nSPS) is 18.0. The predicted molar refractivity (Wildman–Crippen MR) is 112 cm³/mol. The number of fused-ring (bicyclic) bond motifs is 2. The number of piperidine rings is 1. The van der Waals surface area contributed by atoms with Gasteiger partial charge in [-0.3, -0.25) is 9.59 Å². The van der Waals surface area contributed by atoms with Gasteiger partial charge in [0.05, 0.1) is 22.5 Å². The Labute approximate surface area is 173 Å². The summed E-state index contributed by atoms with van der Waals surface area (Å²) in [4.78, 5) is 30.7. The summed E-state index contributed by atoms with van der Waals surface area (Å²) in [5.41, 5.74) is 2.52. The number of hydrogen-bond acceptors (Lipinski definition) is 3. The van der Waals surface area contributed by atoms with E-state index in [4.69, 9.17) is 16.3 Å². The Morgan fingerprint density at radius 3 is 2.72 bits per heavy atom. The number of para-hydroxylation sites is 1. The second-order valence-corrected chi connectivity index (χ2v) is 8.47. The van der Waals surface area contributed by atoms with Crippen LogP contribution in [0.5, 0.6) is 5.75 Å². The van der Waals surface area contributed by atoms with Gasteiger partial charge in [-0.05, 0) is 31.2 Å². The van der Waals surface area contributed by atoms with E-state index in [1.165, 1.54) is 0 Å². The van der Waals surface area contributed by atoms with Crippen LogP contribution in [-0.4, -0.2) is 40.3 Å². The zero-order valence-corrected chi connectivity index (χ0v) is 16.9. The molecule has 5 nitrogen and oxygen atoms in total. The first kappa shape index (κ1) is 18.3. The zero-order valence-electron chi connectivity index (χ0n) is 16.1. The van der Waals surface area contributed by atoms with Crippen molar-refractivity contribution in [2.45, 2.75) is 31.8 Å². The molecule has 1 saturated heterocycles. The monoisotopic (exact) mass is 408 g/mol. The number of amides is 1. The highest BCUT2D eigenvalue weighted by Gasteiger charge is 2.43. The minimum atomic E-state index is -0.514. The summed E-state index contributed by atoms with van der Waals surface area (Å²) >= 11 is 6.22. The molecule has 1 N–H and O–H groups in total. The average molecular weight is 409 g/mol. The molecule has 0 aliphatic carbocycles. The Morgan fingerprint density at radius 2 is 1.97 bits per heavy atom. The summed E-state index contributed by atoms with van der Waals surface area (Å²) in [5.74, 6) is 0.738. The Hall–Kier alpha value is -2.79. The first-order valence-corrected chi connectivity index (χ1v) is 10.2. The fourth-order valence-corrected chi connectivity index (χ4v) is 4.64. The summed E-state index contributed by atoms with van der Waals surface area (Å²) in [6.07, 6.45) is 1.64. The lowest BCUT2D eigenvalue weighted by molar-refractivity contribution is -0.00584. The van der Waals surface area contributed by atoms with Crippen LogP contribution in [0.4, 0.5) is 0 Å². The number of Topliss-reactive ketones (excluding diaryl/α,β-unsaturated/α-hetero) is 1. The molecule has 0 bridgehead atoms. The number of carbonyl (C=O) groups is 2. The summed E-state index contributed by atoms with van der Waals surface area (Å²) in [7, 11) is 0. The number of hydrogen-bond donors (Lipinski definition) is 1. The Morgan fingerprint density at radius 1 is 1.17 bits per heavy atom. The van der Waals surface area contributed by atoms with Gasteiger partial charge in [-0.25, -0.2) is 0 Å². The molecule has 2 aliphatic heterocycles. The third-order valence-corrected chi connectivity index (χ3v) is 6.36. The minimum Gasteiger partial charge on any atom is -0.486 e. The number of halogens is 1. The molecule has 3 heterocycles. The van der Waals surface area contributed by atoms with Crippen LogP contribution in [0, 0.1) is 6.92 Å². The molecule has 3 aromatic rings. The zero-order chi connectivity index (χ0) is 20.2. The molecule has 0 unspecified atom stereocenters. The number of ether oxygens (including phenoxy) is 1. The number of aryl methyl sites for hydroxylation is 1. The predicted octanol–water partition coefficient (Wildman–Crippen LogP) is 4.77. The molecule has 0 radical (unpaired) electrons. The fourth-order valence-electron chi connectivity index (χ4n) is 4.41. The van der Waals surface area contributed by atoms with E-state index in [0.29, 0.717) is 54.4 Å². The van der Waals surface area contributed by atoms with Gasteiger partial charge in [-0.1, -0.05) is 35.4 Å². The maximum Gasteiger partial charge on any atom is 0.270 e. The van der Waals surface area contributed by atoms with Crippen molar-refractivity contribution in [1.29, 1.82) is 0 Å². The summed E-state index contributed by atoms with van der Waals surface area (Å²) in [6.45, 7) is 3.08. The second-order valence-electron chi connectivity index (χ2n) is 8.06. The highest BCUT2D eigenvalue weighted by atomic mass is 35.5. The number of nitrogens with zero attached hydrogens (tertiary/aromatic N) is 1. The van der Waals surface area contributed by atoms with Gasteiger partial charge < -0.3 is 14.6 Å². The van der Waals surface area contributed by atoms with E-state index in [2.05, 4.69) is 4.98 Å². The van der Waals surface area contributed by atoms with Crippen LogP contribution in [0.25, 0.3) is 10.9 Å². The van der Waals surface area contributed by atoms with Gasteiger partial charge in [0.25, 0.3) is 5.91 Å². The van der Waals surface area contributed by atoms with Crippen molar-refractivity contribution >= 4 is 34.2 Å². The first-order chi connectivity index (χ1) is 13.9. The van der Waals surface area contributed by atoms with Gasteiger partial charge in [-0.2, -0.15) is 0 Å². The van der Waals surface area contributed by atoms with Crippen molar-refractivity contribution in [1.82, 2.24) is 9.88 Å². The molecule has 0 atom stereocenters. The maximum absolute atomic E-state index is 13.0. The Kier molecular flexibility index (Phi) is 4.17. The number of rotatable bonds is 1. The van der Waals surface area contributed by atoms with E-state index in [1.54, 1.807) is 6.07 Å². The van der Waals surface area contributed by atoms with E-state index in [-0.39, 0.29) is 11.7 Å². The molecule has 2 aliphatic rings. The number of H-pyrrole nitrogens is 1. The molecule has 29 heavy (non-hydrogen) atoms. The van der Waals surface area contributed by atoms with Gasteiger partial charge in [0.15, 0.2) is 5.78 Å². The van der Waals surface area contributed by atoms with Crippen LogP contribution in [0.15, 0.2) is 42.5 Å². The van der Waals surface area contributed by atoms with E-state index in [0.717, 1.165) is 16.5 Å². The minimum absolute atomic E-state index is 0.0507. The second kappa shape index (κ2) is 6.63. The maximum atomic E-state index is 13.0. The number of likely N-dealkylation sites (tertiary alicyclic amines) is 1. The smallest absolute Gasteiger partial charge is 0.270 e. The molecule has 0 saturated carbocycles. The molecule has 1 aromatic heterocycles. The lowest BCUT2D eigenvalue weighted by Gasteiger charge is -2.43. The molecule has 1 amide bonds.